The Morgan fingerprint density at radius 2 is 1.32 bits per heavy atom. The number of amides is 7. The quantitative estimate of drug-likeness (QED) is 0.0258. The number of nitrogens with two attached hydrogens (primary N) is 4. The fourth-order valence-electron chi connectivity index (χ4n) is 4.76. The number of guanidine groups is 1. The molecular formula is C33H55N11O8S. The lowest BCUT2D eigenvalue weighted by Crippen LogP contribution is -2.57. The van der Waals surface area contributed by atoms with Crippen LogP contribution in [0.15, 0.2) is 35.3 Å². The van der Waals surface area contributed by atoms with Gasteiger partial charge in [0.25, 0.3) is 0 Å². The van der Waals surface area contributed by atoms with E-state index in [1.807, 2.05) is 20.1 Å². The number of benzene rings is 1. The zero-order chi connectivity index (χ0) is 39.9. The van der Waals surface area contributed by atoms with Gasteiger partial charge >= 0.3 is 0 Å². The van der Waals surface area contributed by atoms with E-state index in [9.17, 15) is 33.6 Å². The van der Waals surface area contributed by atoms with Crippen LogP contribution in [-0.4, -0.2) is 121 Å². The van der Waals surface area contributed by atoms with Crippen molar-refractivity contribution >= 4 is 59.1 Å². The van der Waals surface area contributed by atoms with Gasteiger partial charge in [-0.25, -0.2) is 0 Å². The number of nitrogens with one attached hydrogen (secondary N) is 6. The van der Waals surface area contributed by atoms with Crippen LogP contribution in [0.3, 0.4) is 0 Å². The maximum Gasteiger partial charge on any atom is 0.243 e. The maximum atomic E-state index is 13.6. The average molecular weight is 766 g/mol. The molecule has 19 nitrogen and oxygen atoms in total. The smallest absolute Gasteiger partial charge is 0.243 e. The van der Waals surface area contributed by atoms with Crippen molar-refractivity contribution in [1.29, 1.82) is 0 Å². The van der Waals surface area contributed by atoms with Crippen LogP contribution in [0.2, 0.25) is 0 Å². The molecule has 296 valence electrons. The van der Waals surface area contributed by atoms with Gasteiger partial charge in [-0.15, -0.1) is 0 Å². The molecule has 0 saturated carbocycles. The molecule has 0 spiro atoms. The Morgan fingerprint density at radius 1 is 0.755 bits per heavy atom. The number of carbonyl (C=O) groups excluding carboxylic acids is 7. The largest absolute Gasteiger partial charge is 0.394 e. The standard InChI is InChI=1S/C33H55N11O8S/c1-19(2)14-24(44-32(52)25(15-20-8-5-4-6-9-20)42-27(47)16-39-29(49)21(34)18-45)30(50)40-17-26(46)41-23(11-13-53-3)31(51)43-22(28(35)48)10-7-12-38-33(36)37/h4-6,8-9,19,21-25,45H,7,10-18,34H2,1-3H3,(H2,35,48)(H,39,49)(H,40,50)(H,41,46)(H,42,47)(H,43,51)(H,44,52)(H4,36,37,38). The van der Waals surface area contributed by atoms with Crippen LogP contribution in [0.5, 0.6) is 0 Å². The van der Waals surface area contributed by atoms with Gasteiger partial charge in [0.15, 0.2) is 5.96 Å². The number of carbonyl (C=O) groups is 7. The average Bonchev–Trinajstić information content (AvgIpc) is 3.11. The number of rotatable bonds is 25. The van der Waals surface area contributed by atoms with E-state index >= 15 is 0 Å². The van der Waals surface area contributed by atoms with E-state index in [0.717, 1.165) is 0 Å². The third-order valence-corrected chi connectivity index (χ3v) is 8.17. The van der Waals surface area contributed by atoms with Crippen molar-refractivity contribution in [2.45, 2.75) is 76.2 Å². The van der Waals surface area contributed by atoms with Crippen molar-refractivity contribution in [3.8, 4) is 0 Å². The van der Waals surface area contributed by atoms with Crippen LogP contribution in [0.4, 0.5) is 0 Å². The molecule has 0 aliphatic carbocycles. The van der Waals surface area contributed by atoms with E-state index in [4.69, 9.17) is 28.0 Å². The van der Waals surface area contributed by atoms with Crippen molar-refractivity contribution in [3.63, 3.8) is 0 Å². The summed E-state index contributed by atoms with van der Waals surface area (Å²) in [4.78, 5) is 93.4. The Labute approximate surface area is 313 Å². The molecule has 1 rings (SSSR count). The zero-order valence-corrected chi connectivity index (χ0v) is 31.2. The number of aliphatic hydroxyl groups excluding tert-OH is 1. The van der Waals surface area contributed by atoms with Crippen molar-refractivity contribution in [3.05, 3.63) is 35.9 Å². The molecule has 5 atom stereocenters. The highest BCUT2D eigenvalue weighted by Crippen LogP contribution is 2.09. The molecule has 0 aromatic heterocycles. The lowest BCUT2D eigenvalue weighted by Gasteiger charge is -2.25. The first-order valence-corrected chi connectivity index (χ1v) is 18.5. The predicted octanol–water partition coefficient (Wildman–Crippen LogP) is -3.94. The van der Waals surface area contributed by atoms with Gasteiger partial charge in [-0.05, 0) is 49.2 Å². The second kappa shape index (κ2) is 25.1. The lowest BCUT2D eigenvalue weighted by molar-refractivity contribution is -0.133. The Bertz CT molecular complexity index is 1400. The van der Waals surface area contributed by atoms with Gasteiger partial charge in [0, 0.05) is 13.0 Å². The fourth-order valence-corrected chi connectivity index (χ4v) is 5.23. The summed E-state index contributed by atoms with van der Waals surface area (Å²) in [5.74, 6) is -4.67. The van der Waals surface area contributed by atoms with E-state index in [0.29, 0.717) is 17.7 Å². The van der Waals surface area contributed by atoms with Crippen LogP contribution in [0.25, 0.3) is 0 Å². The van der Waals surface area contributed by atoms with Gasteiger partial charge in [-0.1, -0.05) is 44.2 Å². The van der Waals surface area contributed by atoms with Gasteiger partial charge < -0.3 is 59.9 Å². The Morgan fingerprint density at radius 3 is 1.87 bits per heavy atom. The van der Waals surface area contributed by atoms with Gasteiger partial charge in [-0.3, -0.25) is 38.6 Å². The summed E-state index contributed by atoms with van der Waals surface area (Å²) >= 11 is 1.43. The molecule has 0 fully saturated rings. The number of hydrogen-bond donors (Lipinski definition) is 11. The van der Waals surface area contributed by atoms with Crippen LogP contribution in [-0.2, 0) is 40.0 Å². The van der Waals surface area contributed by atoms with Gasteiger partial charge in [0.2, 0.25) is 41.4 Å². The summed E-state index contributed by atoms with van der Waals surface area (Å²) in [6.07, 6.45) is 2.77. The Kier molecular flexibility index (Phi) is 21.8. The molecule has 53 heavy (non-hydrogen) atoms. The first kappa shape index (κ1) is 46.1. The van der Waals surface area contributed by atoms with Crippen LogP contribution in [0.1, 0.15) is 45.1 Å². The minimum absolute atomic E-state index is 0.0489. The molecule has 0 radical (unpaired) electrons. The highest BCUT2D eigenvalue weighted by atomic mass is 32.2. The second-order valence-electron chi connectivity index (χ2n) is 12.5. The maximum absolute atomic E-state index is 13.6. The highest BCUT2D eigenvalue weighted by Gasteiger charge is 2.29. The first-order chi connectivity index (χ1) is 25.1. The number of thioether (sulfide) groups is 1. The van der Waals surface area contributed by atoms with E-state index < -0.39 is 91.3 Å². The third-order valence-electron chi connectivity index (χ3n) is 7.52. The second-order valence-corrected chi connectivity index (χ2v) is 13.5. The summed E-state index contributed by atoms with van der Waals surface area (Å²) in [6, 6.07) is 3.20. The molecule has 0 heterocycles. The molecule has 7 amide bonds. The molecule has 20 heteroatoms. The summed E-state index contributed by atoms with van der Waals surface area (Å²) in [5, 5.41) is 24.2. The van der Waals surface area contributed by atoms with Gasteiger partial charge in [-0.2, -0.15) is 11.8 Å². The Hall–Kier alpha value is -4.95. The Balaban J connectivity index is 2.99. The predicted molar refractivity (Wildman–Crippen MR) is 201 cm³/mol. The molecule has 5 unspecified atom stereocenters. The van der Waals surface area contributed by atoms with Gasteiger partial charge in [0.05, 0.1) is 19.7 Å². The number of aliphatic hydroxyl groups is 1. The van der Waals surface area contributed by atoms with Crippen LogP contribution < -0.4 is 54.8 Å². The van der Waals surface area contributed by atoms with Crippen molar-refractivity contribution in [2.24, 2.45) is 33.8 Å². The van der Waals surface area contributed by atoms with E-state index in [1.165, 1.54) is 11.8 Å². The van der Waals surface area contributed by atoms with Crippen molar-refractivity contribution < 1.29 is 38.7 Å². The molecule has 1 aromatic rings. The molecular weight excluding hydrogens is 710 g/mol. The summed E-state index contributed by atoms with van der Waals surface area (Å²) < 4.78 is 0. The van der Waals surface area contributed by atoms with Crippen LogP contribution >= 0.6 is 11.8 Å². The monoisotopic (exact) mass is 765 g/mol. The van der Waals surface area contributed by atoms with E-state index in [-0.39, 0.29) is 44.1 Å². The molecule has 0 aliphatic heterocycles. The SMILES string of the molecule is CSCCC(NC(=O)CNC(=O)C(CC(C)C)NC(=O)C(Cc1ccccc1)NC(=O)CNC(=O)C(N)CO)C(=O)NC(CCCN=C(N)N)C(N)=O. The van der Waals surface area contributed by atoms with Crippen molar-refractivity contribution in [1.82, 2.24) is 31.9 Å². The number of nitrogens with zero attached hydrogens (tertiary/aromatic N) is 1. The number of hydrogen-bond acceptors (Lipinski definition) is 11. The molecule has 0 aliphatic rings. The summed E-state index contributed by atoms with van der Waals surface area (Å²) in [6.45, 7) is 2.20. The number of aliphatic imine (C=N–C) groups is 1. The van der Waals surface area contributed by atoms with E-state index in [1.54, 1.807) is 30.3 Å². The summed E-state index contributed by atoms with van der Waals surface area (Å²) in [5.41, 5.74) is 22.3. The first-order valence-electron chi connectivity index (χ1n) is 17.1. The normalized spacial score (nSPS) is 13.6. The minimum Gasteiger partial charge on any atom is -0.394 e. The van der Waals surface area contributed by atoms with Crippen LogP contribution in [0, 0.1) is 5.92 Å². The minimum atomic E-state index is -1.23. The fraction of sp³-hybridized carbons (Fsp3) is 0.576. The lowest BCUT2D eigenvalue weighted by atomic mass is 10.0. The molecule has 15 N–H and O–H groups in total. The molecule has 0 saturated heterocycles. The van der Waals surface area contributed by atoms with Crippen molar-refractivity contribution in [2.75, 3.05) is 38.2 Å². The molecule has 1 aromatic carbocycles. The third kappa shape index (κ3) is 19.5. The van der Waals surface area contributed by atoms with E-state index in [2.05, 4.69) is 36.9 Å². The summed E-state index contributed by atoms with van der Waals surface area (Å²) in [7, 11) is 0. The highest BCUT2D eigenvalue weighted by molar-refractivity contribution is 7.98. The van der Waals surface area contributed by atoms with Gasteiger partial charge in [0.1, 0.15) is 30.2 Å². The topological polar surface area (TPSA) is 328 Å². The molecule has 0 bridgehead atoms. The zero-order valence-electron chi connectivity index (χ0n) is 30.4. The number of primary amides is 1.